The van der Waals surface area contributed by atoms with E-state index in [0.29, 0.717) is 0 Å². The van der Waals surface area contributed by atoms with Gasteiger partial charge in [-0.3, -0.25) is 9.38 Å². The van der Waals surface area contributed by atoms with Crippen molar-refractivity contribution in [2.45, 2.75) is 25.2 Å². The average molecular weight is 329 g/mol. The summed E-state index contributed by atoms with van der Waals surface area (Å²) in [5.41, 5.74) is 4.15. The van der Waals surface area contributed by atoms with Gasteiger partial charge in [-0.15, -0.1) is 0 Å². The molecule has 0 radical (unpaired) electrons. The molecule has 100 valence electrons. The number of halogens is 1. The van der Waals surface area contributed by atoms with Crippen LogP contribution in [0.15, 0.2) is 41.4 Å². The molecule has 0 aromatic carbocycles. The number of hydrogen-bond acceptors (Lipinski definition) is 3. The first-order chi connectivity index (χ1) is 9.66. The lowest BCUT2D eigenvalue weighted by atomic mass is 10.1. The molecule has 1 saturated carbocycles. The quantitative estimate of drug-likeness (QED) is 0.675. The molecule has 20 heavy (non-hydrogen) atoms. The number of fused-ring (bicyclic) bond motifs is 1. The monoisotopic (exact) mass is 328 g/mol. The minimum Gasteiger partial charge on any atom is -0.295 e. The molecule has 4 nitrogen and oxygen atoms in total. The van der Waals surface area contributed by atoms with Crippen LogP contribution in [0.3, 0.4) is 0 Å². The lowest BCUT2D eigenvalue weighted by Gasteiger charge is -2.09. The Kier molecular flexibility index (Phi) is 2.48. The van der Waals surface area contributed by atoms with Crippen molar-refractivity contribution in [1.29, 1.82) is 0 Å². The molecule has 0 atom stereocenters. The molecule has 0 amide bonds. The predicted molar refractivity (Wildman–Crippen MR) is 80.5 cm³/mol. The number of hydrogen-bond donors (Lipinski definition) is 0. The van der Waals surface area contributed by atoms with Gasteiger partial charge in [0.15, 0.2) is 5.65 Å². The lowest BCUT2D eigenvalue weighted by Crippen LogP contribution is -2.05. The Labute approximate surface area is 125 Å². The van der Waals surface area contributed by atoms with Crippen LogP contribution in [0.1, 0.15) is 25.5 Å². The van der Waals surface area contributed by atoms with Gasteiger partial charge in [-0.1, -0.05) is 13.0 Å². The topological polar surface area (TPSA) is 43.1 Å². The van der Waals surface area contributed by atoms with Crippen LogP contribution in [0.4, 0.5) is 0 Å². The Morgan fingerprint density at radius 1 is 1.20 bits per heavy atom. The fourth-order valence-electron chi connectivity index (χ4n) is 2.38. The van der Waals surface area contributed by atoms with Crippen molar-refractivity contribution in [2.75, 3.05) is 0 Å². The van der Waals surface area contributed by atoms with Crippen LogP contribution in [0, 0.1) is 0 Å². The maximum atomic E-state index is 4.55. The molecule has 0 N–H and O–H groups in total. The van der Waals surface area contributed by atoms with E-state index in [-0.39, 0.29) is 5.41 Å². The van der Waals surface area contributed by atoms with Crippen molar-refractivity contribution in [3.8, 4) is 11.4 Å². The molecule has 3 heterocycles. The van der Waals surface area contributed by atoms with Gasteiger partial charge < -0.3 is 0 Å². The van der Waals surface area contributed by atoms with Crippen LogP contribution in [0.2, 0.25) is 0 Å². The minimum atomic E-state index is 0.250. The van der Waals surface area contributed by atoms with Gasteiger partial charge in [0.25, 0.3) is 0 Å². The molecular formula is C15H13BrN4. The van der Waals surface area contributed by atoms with Crippen molar-refractivity contribution in [3.63, 3.8) is 0 Å². The van der Waals surface area contributed by atoms with Crippen molar-refractivity contribution in [1.82, 2.24) is 19.4 Å². The number of imidazole rings is 1. The third-order valence-corrected chi connectivity index (χ3v) is 4.43. The summed E-state index contributed by atoms with van der Waals surface area (Å²) >= 11 is 3.41. The Morgan fingerprint density at radius 2 is 2.05 bits per heavy atom. The van der Waals surface area contributed by atoms with Gasteiger partial charge in [0, 0.05) is 11.6 Å². The summed E-state index contributed by atoms with van der Waals surface area (Å²) in [7, 11) is 0. The van der Waals surface area contributed by atoms with E-state index in [2.05, 4.69) is 48.4 Å². The third kappa shape index (κ3) is 1.85. The fraction of sp³-hybridized carbons (Fsp3) is 0.267. The number of pyridine rings is 1. The van der Waals surface area contributed by atoms with E-state index in [0.717, 1.165) is 27.3 Å². The van der Waals surface area contributed by atoms with E-state index >= 15 is 0 Å². The van der Waals surface area contributed by atoms with Crippen molar-refractivity contribution < 1.29 is 0 Å². The average Bonchev–Trinajstić information content (AvgIpc) is 3.06. The van der Waals surface area contributed by atoms with Crippen LogP contribution >= 0.6 is 15.9 Å². The maximum absolute atomic E-state index is 4.55. The predicted octanol–water partition coefficient (Wildman–Crippen LogP) is 3.61. The van der Waals surface area contributed by atoms with Crippen LogP contribution in [-0.2, 0) is 5.41 Å². The Balaban J connectivity index is 1.91. The second-order valence-electron chi connectivity index (χ2n) is 5.55. The molecule has 1 fully saturated rings. The highest BCUT2D eigenvalue weighted by Gasteiger charge is 2.40. The molecule has 5 heteroatoms. The second-order valence-corrected chi connectivity index (χ2v) is 6.36. The summed E-state index contributed by atoms with van der Waals surface area (Å²) in [5.74, 6) is 0. The zero-order valence-corrected chi connectivity index (χ0v) is 12.6. The summed E-state index contributed by atoms with van der Waals surface area (Å²) in [6.07, 6.45) is 8.23. The molecule has 0 bridgehead atoms. The van der Waals surface area contributed by atoms with E-state index in [4.69, 9.17) is 0 Å². The molecule has 0 spiro atoms. The molecule has 3 aromatic rings. The molecular weight excluding hydrogens is 316 g/mol. The molecule has 1 aliphatic rings. The van der Waals surface area contributed by atoms with Crippen LogP contribution in [-0.4, -0.2) is 19.4 Å². The van der Waals surface area contributed by atoms with Gasteiger partial charge >= 0.3 is 0 Å². The number of aromatic nitrogens is 4. The van der Waals surface area contributed by atoms with Gasteiger partial charge in [0.1, 0.15) is 4.60 Å². The Bertz CT molecular complexity index is 804. The molecule has 0 unspecified atom stereocenters. The summed E-state index contributed by atoms with van der Waals surface area (Å²) in [6, 6.07) is 5.90. The van der Waals surface area contributed by atoms with E-state index in [1.54, 1.807) is 0 Å². The standard InChI is InChI=1S/C15H13BrN4/c1-15(5-6-15)12-9-20-11(7-18-14(20)8-17-12)10-3-2-4-13(16)19-10/h2-4,7-9H,5-6H2,1H3. The van der Waals surface area contributed by atoms with Gasteiger partial charge in [-0.25, -0.2) is 9.97 Å². The highest BCUT2D eigenvalue weighted by molar-refractivity contribution is 9.10. The van der Waals surface area contributed by atoms with Gasteiger partial charge in [-0.2, -0.15) is 0 Å². The molecule has 0 aliphatic heterocycles. The smallest absolute Gasteiger partial charge is 0.155 e. The van der Waals surface area contributed by atoms with Crippen LogP contribution < -0.4 is 0 Å². The summed E-state index contributed by atoms with van der Waals surface area (Å²) in [4.78, 5) is 13.5. The van der Waals surface area contributed by atoms with Gasteiger partial charge in [0.2, 0.25) is 0 Å². The van der Waals surface area contributed by atoms with Gasteiger partial charge in [0.05, 0.1) is 29.5 Å². The van der Waals surface area contributed by atoms with Crippen molar-refractivity contribution >= 4 is 21.6 Å². The number of rotatable bonds is 2. The molecule has 4 rings (SSSR count). The third-order valence-electron chi connectivity index (χ3n) is 3.99. The van der Waals surface area contributed by atoms with E-state index < -0.39 is 0 Å². The lowest BCUT2D eigenvalue weighted by molar-refractivity contribution is 0.739. The second kappa shape index (κ2) is 4.12. The number of nitrogens with zero attached hydrogens (tertiary/aromatic N) is 4. The van der Waals surface area contributed by atoms with E-state index in [9.17, 15) is 0 Å². The zero-order valence-electron chi connectivity index (χ0n) is 11.0. The van der Waals surface area contributed by atoms with E-state index in [1.165, 1.54) is 12.8 Å². The molecule has 0 saturated heterocycles. The van der Waals surface area contributed by atoms with E-state index in [1.807, 2.05) is 30.6 Å². The fourth-order valence-corrected chi connectivity index (χ4v) is 2.73. The van der Waals surface area contributed by atoms with Crippen LogP contribution in [0.5, 0.6) is 0 Å². The van der Waals surface area contributed by atoms with Gasteiger partial charge in [-0.05, 0) is 40.9 Å². The first kappa shape index (κ1) is 12.0. The maximum Gasteiger partial charge on any atom is 0.155 e. The minimum absolute atomic E-state index is 0.250. The van der Waals surface area contributed by atoms with Crippen molar-refractivity contribution in [3.05, 3.63) is 47.1 Å². The molecule has 3 aromatic heterocycles. The van der Waals surface area contributed by atoms with Crippen LogP contribution in [0.25, 0.3) is 17.0 Å². The van der Waals surface area contributed by atoms with Crippen molar-refractivity contribution in [2.24, 2.45) is 0 Å². The Hall–Kier alpha value is -1.75. The first-order valence-electron chi connectivity index (χ1n) is 6.62. The zero-order chi connectivity index (χ0) is 13.7. The normalized spacial score (nSPS) is 16.5. The molecule has 1 aliphatic carbocycles. The largest absolute Gasteiger partial charge is 0.295 e. The SMILES string of the molecule is CC1(c2cn3c(-c4cccc(Br)n4)cnc3cn2)CC1. The summed E-state index contributed by atoms with van der Waals surface area (Å²) in [6.45, 7) is 2.26. The Morgan fingerprint density at radius 3 is 2.80 bits per heavy atom. The summed E-state index contributed by atoms with van der Waals surface area (Å²) in [5, 5.41) is 0. The highest BCUT2D eigenvalue weighted by Crippen LogP contribution is 2.46. The summed E-state index contributed by atoms with van der Waals surface area (Å²) < 4.78 is 2.91. The highest BCUT2D eigenvalue weighted by atomic mass is 79.9. The first-order valence-corrected chi connectivity index (χ1v) is 7.42.